The van der Waals surface area contributed by atoms with E-state index in [2.05, 4.69) is 11.5 Å². The molecule has 0 aliphatic carbocycles. The highest BCUT2D eigenvalue weighted by Gasteiger charge is 2.13. The number of fused-ring (bicyclic) bond motifs is 1. The minimum Gasteiger partial charge on any atom is -0.294 e. The van der Waals surface area contributed by atoms with Gasteiger partial charge < -0.3 is 0 Å². The van der Waals surface area contributed by atoms with Gasteiger partial charge in [-0.25, -0.2) is 4.39 Å². The lowest BCUT2D eigenvalue weighted by Crippen LogP contribution is -2.26. The van der Waals surface area contributed by atoms with E-state index in [1.54, 1.807) is 12.1 Å². The first-order valence-corrected chi connectivity index (χ1v) is 6.37. The van der Waals surface area contributed by atoms with E-state index in [0.717, 1.165) is 17.8 Å². The molecule has 0 saturated carbocycles. The summed E-state index contributed by atoms with van der Waals surface area (Å²) >= 11 is 6.04. The van der Waals surface area contributed by atoms with Crippen molar-refractivity contribution in [2.75, 3.05) is 10.4 Å². The SMILES string of the molecule is Fc1ccc(NN2C=CCc3ccc(Cl)cc32)cc1. The summed E-state index contributed by atoms with van der Waals surface area (Å²) in [6, 6.07) is 12.1. The molecule has 96 valence electrons. The Balaban J connectivity index is 1.89. The first kappa shape index (κ1) is 12.1. The van der Waals surface area contributed by atoms with Crippen LogP contribution in [0.4, 0.5) is 15.8 Å². The summed E-state index contributed by atoms with van der Waals surface area (Å²) in [6.45, 7) is 0. The Hall–Kier alpha value is -2.00. The maximum atomic E-state index is 12.9. The molecular weight excluding hydrogens is 263 g/mol. The Morgan fingerprint density at radius 1 is 1.11 bits per heavy atom. The molecule has 0 bridgehead atoms. The number of hydrazine groups is 1. The Kier molecular flexibility index (Phi) is 3.13. The van der Waals surface area contributed by atoms with Crippen molar-refractivity contribution in [3.05, 3.63) is 71.1 Å². The molecule has 4 heteroatoms. The van der Waals surface area contributed by atoms with Crippen molar-refractivity contribution in [2.45, 2.75) is 6.42 Å². The van der Waals surface area contributed by atoms with Crippen LogP contribution in [0.25, 0.3) is 0 Å². The second-order valence-electron chi connectivity index (χ2n) is 4.35. The van der Waals surface area contributed by atoms with Crippen LogP contribution in [0, 0.1) is 5.82 Å². The van der Waals surface area contributed by atoms with Crippen molar-refractivity contribution < 1.29 is 4.39 Å². The number of halogens is 2. The highest BCUT2D eigenvalue weighted by atomic mass is 35.5. The van der Waals surface area contributed by atoms with Gasteiger partial charge in [0.15, 0.2) is 0 Å². The average molecular weight is 275 g/mol. The van der Waals surface area contributed by atoms with Gasteiger partial charge in [-0.15, -0.1) is 0 Å². The molecule has 0 aromatic heterocycles. The van der Waals surface area contributed by atoms with Crippen LogP contribution in [0.1, 0.15) is 5.56 Å². The van der Waals surface area contributed by atoms with Gasteiger partial charge in [0, 0.05) is 11.2 Å². The smallest absolute Gasteiger partial charge is 0.123 e. The van der Waals surface area contributed by atoms with Crippen LogP contribution in [0.3, 0.4) is 0 Å². The van der Waals surface area contributed by atoms with Crippen molar-refractivity contribution in [1.82, 2.24) is 0 Å². The molecule has 3 rings (SSSR count). The van der Waals surface area contributed by atoms with Gasteiger partial charge in [-0.2, -0.15) is 0 Å². The number of allylic oxidation sites excluding steroid dienone is 1. The van der Waals surface area contributed by atoms with Gasteiger partial charge in [-0.05, 0) is 48.4 Å². The third-order valence-corrected chi connectivity index (χ3v) is 3.23. The van der Waals surface area contributed by atoms with Gasteiger partial charge in [0.25, 0.3) is 0 Å². The Bertz CT molecular complexity index is 623. The fourth-order valence-corrected chi connectivity index (χ4v) is 2.23. The molecule has 0 fully saturated rings. The summed E-state index contributed by atoms with van der Waals surface area (Å²) in [7, 11) is 0. The van der Waals surface area contributed by atoms with E-state index in [1.165, 1.54) is 17.7 Å². The normalized spacial score (nSPS) is 13.3. The van der Waals surface area contributed by atoms with Gasteiger partial charge in [-0.1, -0.05) is 23.7 Å². The van der Waals surface area contributed by atoms with E-state index < -0.39 is 0 Å². The zero-order chi connectivity index (χ0) is 13.2. The van der Waals surface area contributed by atoms with E-state index >= 15 is 0 Å². The van der Waals surface area contributed by atoms with Gasteiger partial charge in [0.05, 0.1) is 11.4 Å². The largest absolute Gasteiger partial charge is 0.294 e. The maximum Gasteiger partial charge on any atom is 0.123 e. The predicted octanol–water partition coefficient (Wildman–Crippen LogP) is 4.38. The van der Waals surface area contributed by atoms with Crippen LogP contribution in [0.2, 0.25) is 5.02 Å². The first-order valence-electron chi connectivity index (χ1n) is 5.99. The second-order valence-corrected chi connectivity index (χ2v) is 4.79. The Morgan fingerprint density at radius 3 is 2.68 bits per heavy atom. The number of benzene rings is 2. The Labute approximate surface area is 116 Å². The minimum absolute atomic E-state index is 0.247. The topological polar surface area (TPSA) is 15.3 Å². The van der Waals surface area contributed by atoms with Crippen molar-refractivity contribution >= 4 is 23.0 Å². The molecule has 1 aliphatic heterocycles. The highest BCUT2D eigenvalue weighted by Crippen LogP contribution is 2.29. The third-order valence-electron chi connectivity index (χ3n) is 2.99. The third kappa shape index (κ3) is 2.56. The lowest BCUT2D eigenvalue weighted by Gasteiger charge is -2.28. The molecule has 1 heterocycles. The molecule has 2 aromatic rings. The summed E-state index contributed by atoms with van der Waals surface area (Å²) in [5.74, 6) is -0.247. The van der Waals surface area contributed by atoms with Crippen molar-refractivity contribution in [3.8, 4) is 0 Å². The summed E-state index contributed by atoms with van der Waals surface area (Å²) in [4.78, 5) is 0. The van der Waals surface area contributed by atoms with Gasteiger partial charge in [0.1, 0.15) is 5.82 Å². The van der Waals surface area contributed by atoms with E-state index in [4.69, 9.17) is 11.6 Å². The molecule has 2 nitrogen and oxygen atoms in total. The standard InChI is InChI=1S/C15H12ClFN2/c16-12-4-3-11-2-1-9-19(15(11)10-12)18-14-7-5-13(17)6-8-14/h1,3-10,18H,2H2. The molecular formula is C15H12ClFN2. The van der Waals surface area contributed by atoms with Crippen LogP contribution in [0.15, 0.2) is 54.7 Å². The fourth-order valence-electron chi connectivity index (χ4n) is 2.06. The molecule has 0 atom stereocenters. The van der Waals surface area contributed by atoms with Crippen LogP contribution in [0.5, 0.6) is 0 Å². The molecule has 0 spiro atoms. The van der Waals surface area contributed by atoms with Crippen molar-refractivity contribution in [1.29, 1.82) is 0 Å². The number of hydrogen-bond donors (Lipinski definition) is 1. The monoisotopic (exact) mass is 274 g/mol. The average Bonchev–Trinajstić information content (AvgIpc) is 2.42. The molecule has 0 saturated heterocycles. The number of nitrogens with one attached hydrogen (secondary N) is 1. The van der Waals surface area contributed by atoms with E-state index in [1.807, 2.05) is 29.4 Å². The minimum atomic E-state index is -0.247. The molecule has 2 aromatic carbocycles. The quantitative estimate of drug-likeness (QED) is 0.874. The number of anilines is 2. The van der Waals surface area contributed by atoms with Gasteiger partial charge in [-0.3, -0.25) is 10.4 Å². The van der Waals surface area contributed by atoms with Crippen molar-refractivity contribution in [2.24, 2.45) is 0 Å². The number of nitrogens with zero attached hydrogens (tertiary/aromatic N) is 1. The summed E-state index contributed by atoms with van der Waals surface area (Å²) < 4.78 is 12.9. The summed E-state index contributed by atoms with van der Waals surface area (Å²) in [6.07, 6.45) is 4.89. The second kappa shape index (κ2) is 4.94. The lowest BCUT2D eigenvalue weighted by molar-refractivity contribution is 0.628. The Morgan fingerprint density at radius 2 is 1.89 bits per heavy atom. The molecule has 19 heavy (non-hydrogen) atoms. The predicted molar refractivity (Wildman–Crippen MR) is 76.8 cm³/mol. The molecule has 1 aliphatic rings. The van der Waals surface area contributed by atoms with Gasteiger partial charge >= 0.3 is 0 Å². The van der Waals surface area contributed by atoms with Crippen LogP contribution >= 0.6 is 11.6 Å². The van der Waals surface area contributed by atoms with E-state index in [0.29, 0.717) is 5.02 Å². The zero-order valence-electron chi connectivity index (χ0n) is 10.1. The van der Waals surface area contributed by atoms with Crippen molar-refractivity contribution in [3.63, 3.8) is 0 Å². The van der Waals surface area contributed by atoms with Crippen LogP contribution in [-0.2, 0) is 6.42 Å². The molecule has 0 unspecified atom stereocenters. The molecule has 0 amide bonds. The lowest BCUT2D eigenvalue weighted by atomic mass is 10.1. The number of rotatable bonds is 2. The molecule has 0 radical (unpaired) electrons. The van der Waals surface area contributed by atoms with Crippen LogP contribution < -0.4 is 10.4 Å². The zero-order valence-corrected chi connectivity index (χ0v) is 10.9. The van der Waals surface area contributed by atoms with E-state index in [-0.39, 0.29) is 5.82 Å². The summed E-state index contributed by atoms with van der Waals surface area (Å²) in [5, 5.41) is 2.58. The van der Waals surface area contributed by atoms with Crippen LogP contribution in [-0.4, -0.2) is 0 Å². The fraction of sp³-hybridized carbons (Fsp3) is 0.0667. The van der Waals surface area contributed by atoms with E-state index in [9.17, 15) is 4.39 Å². The molecule has 1 N–H and O–H groups in total. The highest BCUT2D eigenvalue weighted by molar-refractivity contribution is 6.30. The maximum absolute atomic E-state index is 12.9. The summed E-state index contributed by atoms with van der Waals surface area (Å²) in [5.41, 5.74) is 6.24. The number of hydrogen-bond acceptors (Lipinski definition) is 2. The van der Waals surface area contributed by atoms with Gasteiger partial charge in [0.2, 0.25) is 0 Å². The first-order chi connectivity index (χ1) is 9.22.